The average molecular weight is 413 g/mol. The molecule has 152 valence electrons. The van der Waals surface area contributed by atoms with E-state index in [0.717, 1.165) is 5.56 Å². The summed E-state index contributed by atoms with van der Waals surface area (Å²) in [4.78, 5) is 25.2. The SMILES string of the molecule is COc1cccc2cc(C(=O)Nc3cccc(-c4ccc5nncn5n4)c3)c(=O)oc12. The number of fused-ring (bicyclic) bond motifs is 2. The minimum absolute atomic E-state index is 0.102. The van der Waals surface area contributed by atoms with E-state index in [1.54, 1.807) is 47.0 Å². The van der Waals surface area contributed by atoms with Crippen molar-refractivity contribution in [2.45, 2.75) is 0 Å². The van der Waals surface area contributed by atoms with E-state index in [1.807, 2.05) is 12.1 Å². The maximum atomic E-state index is 12.8. The normalized spacial score (nSPS) is 11.0. The number of hydrogen-bond donors (Lipinski definition) is 1. The van der Waals surface area contributed by atoms with Crippen molar-refractivity contribution in [2.75, 3.05) is 12.4 Å². The zero-order valence-electron chi connectivity index (χ0n) is 16.3. The molecule has 0 bridgehead atoms. The first-order valence-corrected chi connectivity index (χ1v) is 9.32. The van der Waals surface area contributed by atoms with Crippen molar-refractivity contribution in [2.24, 2.45) is 0 Å². The number of nitrogens with zero attached hydrogens (tertiary/aromatic N) is 4. The molecule has 0 aliphatic heterocycles. The van der Waals surface area contributed by atoms with Crippen LogP contribution in [-0.4, -0.2) is 32.8 Å². The molecule has 5 aromatic rings. The van der Waals surface area contributed by atoms with E-state index in [0.29, 0.717) is 33.7 Å². The monoisotopic (exact) mass is 413 g/mol. The predicted octanol–water partition coefficient (Wildman–Crippen LogP) is 3.16. The van der Waals surface area contributed by atoms with E-state index in [4.69, 9.17) is 9.15 Å². The summed E-state index contributed by atoms with van der Waals surface area (Å²) in [5.41, 5.74) is 2.06. The molecule has 1 amide bonds. The molecule has 9 heteroatoms. The molecule has 31 heavy (non-hydrogen) atoms. The molecule has 9 nitrogen and oxygen atoms in total. The molecule has 0 aliphatic rings. The second-order valence-electron chi connectivity index (χ2n) is 6.71. The zero-order valence-corrected chi connectivity index (χ0v) is 16.3. The van der Waals surface area contributed by atoms with Crippen LogP contribution in [0.1, 0.15) is 10.4 Å². The lowest BCUT2D eigenvalue weighted by molar-refractivity contribution is 0.102. The summed E-state index contributed by atoms with van der Waals surface area (Å²) in [5.74, 6) is -0.148. The maximum absolute atomic E-state index is 12.8. The zero-order chi connectivity index (χ0) is 21.4. The third-order valence-electron chi connectivity index (χ3n) is 4.77. The fourth-order valence-corrected chi connectivity index (χ4v) is 3.27. The van der Waals surface area contributed by atoms with Crippen molar-refractivity contribution >= 4 is 28.2 Å². The molecule has 2 aromatic carbocycles. The number of nitrogens with one attached hydrogen (secondary N) is 1. The molecule has 0 fully saturated rings. The Morgan fingerprint density at radius 2 is 1.97 bits per heavy atom. The van der Waals surface area contributed by atoms with Crippen LogP contribution in [0.3, 0.4) is 0 Å². The number of hydrogen-bond acceptors (Lipinski definition) is 7. The van der Waals surface area contributed by atoms with E-state index >= 15 is 0 Å². The lowest BCUT2D eigenvalue weighted by Crippen LogP contribution is -2.20. The van der Waals surface area contributed by atoms with Gasteiger partial charge in [0.1, 0.15) is 11.9 Å². The van der Waals surface area contributed by atoms with Crippen LogP contribution in [0.25, 0.3) is 27.9 Å². The Bertz CT molecular complexity index is 1510. The maximum Gasteiger partial charge on any atom is 0.349 e. The smallest absolute Gasteiger partial charge is 0.349 e. The Morgan fingerprint density at radius 1 is 1.10 bits per heavy atom. The van der Waals surface area contributed by atoms with Gasteiger partial charge in [0.05, 0.1) is 12.8 Å². The highest BCUT2D eigenvalue weighted by atomic mass is 16.5. The number of amides is 1. The number of aromatic nitrogens is 4. The van der Waals surface area contributed by atoms with Crippen molar-refractivity contribution < 1.29 is 13.9 Å². The first-order chi connectivity index (χ1) is 15.1. The van der Waals surface area contributed by atoms with Gasteiger partial charge in [-0.2, -0.15) is 9.61 Å². The molecule has 0 spiro atoms. The number of ether oxygens (including phenoxy) is 1. The molecule has 0 saturated carbocycles. The van der Waals surface area contributed by atoms with E-state index in [-0.39, 0.29) is 5.56 Å². The van der Waals surface area contributed by atoms with Crippen molar-refractivity contribution in [3.8, 4) is 17.0 Å². The lowest BCUT2D eigenvalue weighted by Gasteiger charge is -2.08. The summed E-state index contributed by atoms with van der Waals surface area (Å²) >= 11 is 0. The van der Waals surface area contributed by atoms with Crippen LogP contribution in [0.5, 0.6) is 5.75 Å². The van der Waals surface area contributed by atoms with Gasteiger partial charge in [0, 0.05) is 16.6 Å². The molecule has 0 atom stereocenters. The Hall–Kier alpha value is -4.53. The van der Waals surface area contributed by atoms with Crippen LogP contribution in [0.15, 0.2) is 76.2 Å². The van der Waals surface area contributed by atoms with Crippen LogP contribution in [0.4, 0.5) is 5.69 Å². The second-order valence-corrected chi connectivity index (χ2v) is 6.71. The van der Waals surface area contributed by atoms with Gasteiger partial charge in [-0.25, -0.2) is 4.79 Å². The molecule has 3 heterocycles. The minimum Gasteiger partial charge on any atom is -0.493 e. The van der Waals surface area contributed by atoms with Gasteiger partial charge < -0.3 is 14.5 Å². The van der Waals surface area contributed by atoms with Gasteiger partial charge in [0.25, 0.3) is 5.91 Å². The second kappa shape index (κ2) is 7.38. The fraction of sp³-hybridized carbons (Fsp3) is 0.0455. The number of para-hydroxylation sites is 1. The standard InChI is InChI=1S/C22H15N5O4/c1-30-18-7-3-5-14-11-16(22(29)31-20(14)18)21(28)24-15-6-2-4-13(10-15)17-8-9-19-25-23-12-27(19)26-17/h2-12H,1H3,(H,24,28). The van der Waals surface area contributed by atoms with Gasteiger partial charge in [-0.05, 0) is 36.4 Å². The summed E-state index contributed by atoms with van der Waals surface area (Å²) in [6.07, 6.45) is 1.51. The number of anilines is 1. The molecule has 0 radical (unpaired) electrons. The van der Waals surface area contributed by atoms with Crippen LogP contribution in [-0.2, 0) is 0 Å². The van der Waals surface area contributed by atoms with Gasteiger partial charge in [0.2, 0.25) is 0 Å². The van der Waals surface area contributed by atoms with Crippen molar-refractivity contribution in [1.29, 1.82) is 0 Å². The van der Waals surface area contributed by atoms with Gasteiger partial charge in [-0.1, -0.05) is 24.3 Å². The van der Waals surface area contributed by atoms with Crippen molar-refractivity contribution in [3.63, 3.8) is 0 Å². The van der Waals surface area contributed by atoms with Crippen LogP contribution in [0.2, 0.25) is 0 Å². The highest BCUT2D eigenvalue weighted by Gasteiger charge is 2.16. The van der Waals surface area contributed by atoms with Crippen LogP contribution < -0.4 is 15.7 Å². The third kappa shape index (κ3) is 3.38. The van der Waals surface area contributed by atoms with Crippen LogP contribution >= 0.6 is 0 Å². The van der Waals surface area contributed by atoms with Gasteiger partial charge in [-0.15, -0.1) is 10.2 Å². The van der Waals surface area contributed by atoms with Crippen molar-refractivity contribution in [1.82, 2.24) is 19.8 Å². The molecule has 1 N–H and O–H groups in total. The average Bonchev–Trinajstić information content (AvgIpc) is 3.26. The largest absolute Gasteiger partial charge is 0.493 e. The summed E-state index contributed by atoms with van der Waals surface area (Å²) < 4.78 is 12.1. The number of rotatable bonds is 4. The van der Waals surface area contributed by atoms with E-state index < -0.39 is 11.5 Å². The quantitative estimate of drug-likeness (QED) is 0.451. The summed E-state index contributed by atoms with van der Waals surface area (Å²) in [6, 6.07) is 17.4. The molecule has 0 aliphatic carbocycles. The third-order valence-corrected chi connectivity index (χ3v) is 4.77. The topological polar surface area (TPSA) is 112 Å². The van der Waals surface area contributed by atoms with Gasteiger partial charge in [-0.3, -0.25) is 4.79 Å². The molecule has 3 aromatic heterocycles. The molecule has 0 saturated heterocycles. The molecule has 5 rings (SSSR count). The van der Waals surface area contributed by atoms with Gasteiger partial charge >= 0.3 is 5.63 Å². The first kappa shape index (κ1) is 18.5. The van der Waals surface area contributed by atoms with Gasteiger partial charge in [0.15, 0.2) is 17.0 Å². The number of methoxy groups -OCH3 is 1. The minimum atomic E-state index is -0.745. The van der Waals surface area contributed by atoms with E-state index in [9.17, 15) is 9.59 Å². The summed E-state index contributed by atoms with van der Waals surface area (Å²) in [7, 11) is 1.48. The Morgan fingerprint density at radius 3 is 2.84 bits per heavy atom. The number of benzene rings is 2. The van der Waals surface area contributed by atoms with Crippen LogP contribution in [0, 0.1) is 0 Å². The predicted molar refractivity (Wildman–Crippen MR) is 113 cm³/mol. The Labute approximate surface area is 174 Å². The van der Waals surface area contributed by atoms with E-state index in [1.165, 1.54) is 19.5 Å². The van der Waals surface area contributed by atoms with Crippen molar-refractivity contribution in [3.05, 3.63) is 83.0 Å². The highest BCUT2D eigenvalue weighted by molar-refractivity contribution is 6.05. The Kier molecular flexibility index (Phi) is 4.40. The highest BCUT2D eigenvalue weighted by Crippen LogP contribution is 2.25. The molecular formula is C22H15N5O4. The molecular weight excluding hydrogens is 398 g/mol. The number of carbonyl (C=O) groups excluding carboxylic acids is 1. The lowest BCUT2D eigenvalue weighted by atomic mass is 10.1. The Balaban J connectivity index is 1.46. The fourth-order valence-electron chi connectivity index (χ4n) is 3.27. The van der Waals surface area contributed by atoms with E-state index in [2.05, 4.69) is 20.6 Å². The molecule has 0 unspecified atom stereocenters. The first-order valence-electron chi connectivity index (χ1n) is 9.32. The summed E-state index contributed by atoms with van der Waals surface area (Å²) in [6.45, 7) is 0. The summed E-state index contributed by atoms with van der Waals surface area (Å²) in [5, 5.41) is 15.5. The number of carbonyl (C=O) groups is 1.